The number of anilines is 1. The lowest BCUT2D eigenvalue weighted by molar-refractivity contribution is -0.117. The van der Waals surface area contributed by atoms with Crippen molar-refractivity contribution in [1.29, 1.82) is 0 Å². The molecule has 0 saturated carbocycles. The molecule has 1 atom stereocenters. The molecule has 5 heteroatoms. The minimum atomic E-state index is -1.15. The van der Waals surface area contributed by atoms with Crippen LogP contribution in [0.4, 0.5) is 11.4 Å². The van der Waals surface area contributed by atoms with Gasteiger partial charge in [-0.05, 0) is 19.1 Å². The van der Waals surface area contributed by atoms with E-state index in [9.17, 15) is 9.59 Å². The minimum Gasteiger partial charge on any atom is -0.397 e. The Morgan fingerprint density at radius 1 is 1.00 bits per heavy atom. The zero-order valence-electron chi connectivity index (χ0n) is 11.6. The van der Waals surface area contributed by atoms with E-state index >= 15 is 0 Å². The van der Waals surface area contributed by atoms with Crippen molar-refractivity contribution in [1.82, 2.24) is 0 Å². The molecule has 1 unspecified atom stereocenters. The van der Waals surface area contributed by atoms with E-state index in [1.807, 2.05) is 0 Å². The summed E-state index contributed by atoms with van der Waals surface area (Å²) in [5.41, 5.74) is 7.05. The number of nitrogen functional groups attached to an aromatic ring is 1. The number of nitrogens with two attached hydrogens (primary N) is 1. The number of ketones is 2. The molecule has 21 heavy (non-hydrogen) atoms. The van der Waals surface area contributed by atoms with Gasteiger partial charge in [0.05, 0.1) is 5.69 Å². The van der Waals surface area contributed by atoms with Crippen LogP contribution in [0, 0.1) is 0 Å². The van der Waals surface area contributed by atoms with Gasteiger partial charge in [0.15, 0.2) is 17.6 Å². The number of hydrogen-bond acceptors (Lipinski definition) is 5. The highest BCUT2D eigenvalue weighted by atomic mass is 16.2. The number of carbonyl (C=O) groups excluding carboxylic acids is 2. The highest BCUT2D eigenvalue weighted by Gasteiger charge is 2.24. The minimum absolute atomic E-state index is 0.359. The second-order valence-electron chi connectivity index (χ2n) is 4.52. The molecule has 2 aromatic carbocycles. The molecular weight excluding hydrogens is 266 g/mol. The van der Waals surface area contributed by atoms with Gasteiger partial charge in [0.25, 0.3) is 0 Å². The van der Waals surface area contributed by atoms with Gasteiger partial charge in [-0.1, -0.05) is 42.5 Å². The van der Waals surface area contributed by atoms with Gasteiger partial charge in [-0.2, -0.15) is 10.2 Å². The summed E-state index contributed by atoms with van der Waals surface area (Å²) >= 11 is 0. The van der Waals surface area contributed by atoms with Crippen molar-refractivity contribution in [3.8, 4) is 0 Å². The second-order valence-corrected chi connectivity index (χ2v) is 4.52. The van der Waals surface area contributed by atoms with E-state index in [2.05, 4.69) is 10.2 Å². The summed E-state index contributed by atoms with van der Waals surface area (Å²) in [6, 6.07) is 14.3. The Kier molecular flexibility index (Phi) is 4.56. The third kappa shape index (κ3) is 3.60. The molecule has 0 fully saturated rings. The maximum atomic E-state index is 12.3. The number of nitrogens with zero attached hydrogens (tertiary/aromatic N) is 2. The van der Waals surface area contributed by atoms with Gasteiger partial charge in [0.1, 0.15) is 5.69 Å². The monoisotopic (exact) mass is 281 g/mol. The Morgan fingerprint density at radius 2 is 1.62 bits per heavy atom. The number of benzene rings is 2. The molecule has 0 amide bonds. The lowest BCUT2D eigenvalue weighted by Gasteiger charge is -2.07. The van der Waals surface area contributed by atoms with Crippen LogP contribution in [0.3, 0.4) is 0 Å². The number of hydrogen-bond donors (Lipinski definition) is 1. The summed E-state index contributed by atoms with van der Waals surface area (Å²) in [5.74, 6) is -0.733. The van der Waals surface area contributed by atoms with Crippen molar-refractivity contribution >= 4 is 22.9 Å². The van der Waals surface area contributed by atoms with Crippen LogP contribution in [0.25, 0.3) is 0 Å². The van der Waals surface area contributed by atoms with Gasteiger partial charge in [0, 0.05) is 5.56 Å². The fourth-order valence-corrected chi connectivity index (χ4v) is 1.78. The molecule has 0 spiro atoms. The Labute approximate surface area is 122 Å². The molecule has 0 aromatic heterocycles. The van der Waals surface area contributed by atoms with E-state index in [0.29, 0.717) is 16.9 Å². The highest BCUT2D eigenvalue weighted by molar-refractivity contribution is 6.13. The van der Waals surface area contributed by atoms with E-state index in [4.69, 9.17) is 5.73 Å². The molecule has 0 aliphatic rings. The van der Waals surface area contributed by atoms with Crippen molar-refractivity contribution in [2.24, 2.45) is 10.2 Å². The average Bonchev–Trinajstić information content (AvgIpc) is 2.49. The van der Waals surface area contributed by atoms with E-state index in [-0.39, 0.29) is 11.6 Å². The van der Waals surface area contributed by atoms with E-state index < -0.39 is 6.04 Å². The summed E-state index contributed by atoms with van der Waals surface area (Å²) in [4.78, 5) is 23.9. The molecule has 2 N–H and O–H groups in total. The molecular formula is C16H15N3O2. The maximum absolute atomic E-state index is 12.3. The summed E-state index contributed by atoms with van der Waals surface area (Å²) in [5, 5.41) is 7.81. The van der Waals surface area contributed by atoms with Crippen molar-refractivity contribution in [2.45, 2.75) is 13.0 Å². The third-order valence-electron chi connectivity index (χ3n) is 2.91. The summed E-state index contributed by atoms with van der Waals surface area (Å²) in [7, 11) is 0. The van der Waals surface area contributed by atoms with Crippen LogP contribution in [-0.2, 0) is 4.79 Å². The molecule has 106 valence electrons. The van der Waals surface area contributed by atoms with Gasteiger partial charge in [-0.25, -0.2) is 0 Å². The first-order chi connectivity index (χ1) is 10.1. The Hall–Kier alpha value is -2.82. The molecule has 2 rings (SSSR count). The van der Waals surface area contributed by atoms with Gasteiger partial charge in [-0.15, -0.1) is 0 Å². The van der Waals surface area contributed by atoms with Gasteiger partial charge in [0.2, 0.25) is 0 Å². The molecule has 0 heterocycles. The molecule has 0 saturated heterocycles. The van der Waals surface area contributed by atoms with E-state index in [1.165, 1.54) is 6.92 Å². The second kappa shape index (κ2) is 6.56. The predicted octanol–water partition coefficient (Wildman–Crippen LogP) is 3.19. The van der Waals surface area contributed by atoms with Crippen LogP contribution in [-0.4, -0.2) is 17.6 Å². The van der Waals surface area contributed by atoms with Crippen LogP contribution >= 0.6 is 0 Å². The molecule has 0 aliphatic carbocycles. The average molecular weight is 281 g/mol. The predicted molar refractivity (Wildman–Crippen MR) is 80.6 cm³/mol. The molecule has 0 aliphatic heterocycles. The summed E-state index contributed by atoms with van der Waals surface area (Å²) in [6.07, 6.45) is 0. The number of Topliss-reactive ketones (excluding diaryl/α,β-unsaturated/α-hetero) is 2. The number of para-hydroxylation sites is 1. The topological polar surface area (TPSA) is 84.9 Å². The zero-order valence-corrected chi connectivity index (χ0v) is 11.6. The number of carbonyl (C=O) groups is 2. The molecule has 0 radical (unpaired) electrons. The lowest BCUT2D eigenvalue weighted by atomic mass is 10.0. The highest BCUT2D eigenvalue weighted by Crippen LogP contribution is 2.21. The van der Waals surface area contributed by atoms with Crippen molar-refractivity contribution in [3.63, 3.8) is 0 Å². The fourth-order valence-electron chi connectivity index (χ4n) is 1.78. The van der Waals surface area contributed by atoms with Gasteiger partial charge >= 0.3 is 0 Å². The van der Waals surface area contributed by atoms with Crippen LogP contribution in [0.1, 0.15) is 17.3 Å². The van der Waals surface area contributed by atoms with Crippen LogP contribution < -0.4 is 5.73 Å². The normalized spacial score (nSPS) is 12.2. The van der Waals surface area contributed by atoms with Crippen LogP contribution in [0.15, 0.2) is 64.8 Å². The molecule has 0 bridgehead atoms. The Bertz CT molecular complexity index is 681. The number of azo groups is 1. The standard InChI is InChI=1S/C16H15N3O2/c1-11(20)15(16(21)12-7-3-2-4-8-12)19-18-14-10-6-5-9-13(14)17/h2-10,15H,17H2,1H3. The van der Waals surface area contributed by atoms with Crippen LogP contribution in [0.2, 0.25) is 0 Å². The first kappa shape index (κ1) is 14.6. The smallest absolute Gasteiger partial charge is 0.196 e. The SMILES string of the molecule is CC(=O)C(N=Nc1ccccc1N)C(=O)c1ccccc1. The molecule has 2 aromatic rings. The summed E-state index contributed by atoms with van der Waals surface area (Å²) in [6.45, 7) is 1.32. The van der Waals surface area contributed by atoms with E-state index in [0.717, 1.165) is 0 Å². The maximum Gasteiger partial charge on any atom is 0.196 e. The first-order valence-corrected chi connectivity index (χ1v) is 6.44. The molecule has 5 nitrogen and oxygen atoms in total. The van der Waals surface area contributed by atoms with Crippen LogP contribution in [0.5, 0.6) is 0 Å². The first-order valence-electron chi connectivity index (χ1n) is 6.44. The van der Waals surface area contributed by atoms with Gasteiger partial charge < -0.3 is 5.73 Å². The lowest BCUT2D eigenvalue weighted by Crippen LogP contribution is -2.26. The van der Waals surface area contributed by atoms with Crippen molar-refractivity contribution < 1.29 is 9.59 Å². The Balaban J connectivity index is 2.27. The number of rotatable bonds is 5. The summed E-state index contributed by atoms with van der Waals surface area (Å²) < 4.78 is 0. The van der Waals surface area contributed by atoms with Gasteiger partial charge in [-0.3, -0.25) is 9.59 Å². The fraction of sp³-hybridized carbons (Fsp3) is 0.125. The third-order valence-corrected chi connectivity index (χ3v) is 2.91. The zero-order chi connectivity index (χ0) is 15.2. The largest absolute Gasteiger partial charge is 0.397 e. The quantitative estimate of drug-likeness (QED) is 0.395. The Morgan fingerprint density at radius 3 is 2.24 bits per heavy atom. The van der Waals surface area contributed by atoms with E-state index in [1.54, 1.807) is 54.6 Å². The van der Waals surface area contributed by atoms with Crippen molar-refractivity contribution in [2.75, 3.05) is 5.73 Å². The van der Waals surface area contributed by atoms with Crippen molar-refractivity contribution in [3.05, 3.63) is 60.2 Å².